The normalized spacial score (nSPS) is 13.3. The van der Waals surface area contributed by atoms with E-state index in [1.165, 1.54) is 17.0 Å². The number of nitrogens with zero attached hydrogens (tertiary/aromatic N) is 2. The molecule has 8 heteroatoms. The van der Waals surface area contributed by atoms with Crippen molar-refractivity contribution in [2.45, 2.75) is 26.4 Å². The number of alkyl halides is 3. The van der Waals surface area contributed by atoms with Gasteiger partial charge in [0.1, 0.15) is 6.54 Å². The molecule has 0 fully saturated rings. The first-order valence-electron chi connectivity index (χ1n) is 9.96. The Morgan fingerprint density at radius 3 is 2.47 bits per heavy atom. The van der Waals surface area contributed by atoms with Crippen LogP contribution in [-0.4, -0.2) is 23.3 Å². The molecular weight excluding hydrogens is 419 g/mol. The zero-order valence-corrected chi connectivity index (χ0v) is 17.5. The highest BCUT2D eigenvalue weighted by molar-refractivity contribution is 6.07. The zero-order valence-electron chi connectivity index (χ0n) is 17.5. The molecule has 2 amide bonds. The number of carbonyl (C=O) groups excluding carboxylic acids is 2. The van der Waals surface area contributed by atoms with Crippen molar-refractivity contribution >= 4 is 23.2 Å². The Balaban J connectivity index is 1.63. The summed E-state index contributed by atoms with van der Waals surface area (Å²) in [5.74, 6) is -0.773. The molecule has 3 aromatic rings. The third-order valence-electron chi connectivity index (χ3n) is 5.49. The Morgan fingerprint density at radius 1 is 1.09 bits per heavy atom. The van der Waals surface area contributed by atoms with Crippen LogP contribution in [0.4, 0.5) is 24.5 Å². The maximum absolute atomic E-state index is 13.1. The fraction of sp³-hybridized carbons (Fsp3) is 0.208. The van der Waals surface area contributed by atoms with Crippen molar-refractivity contribution in [3.63, 3.8) is 0 Å². The van der Waals surface area contributed by atoms with Crippen LogP contribution in [0.1, 0.15) is 22.3 Å². The molecule has 2 aromatic carbocycles. The van der Waals surface area contributed by atoms with E-state index < -0.39 is 17.6 Å². The van der Waals surface area contributed by atoms with Crippen LogP contribution in [0.2, 0.25) is 0 Å². The first kappa shape index (κ1) is 21.5. The number of amides is 2. The fourth-order valence-corrected chi connectivity index (χ4v) is 3.69. The van der Waals surface area contributed by atoms with E-state index in [0.717, 1.165) is 34.4 Å². The van der Waals surface area contributed by atoms with Crippen LogP contribution in [0.3, 0.4) is 0 Å². The van der Waals surface area contributed by atoms with E-state index in [4.69, 9.17) is 0 Å². The molecule has 0 saturated heterocycles. The van der Waals surface area contributed by atoms with E-state index in [1.807, 2.05) is 32.0 Å². The summed E-state index contributed by atoms with van der Waals surface area (Å²) in [5.41, 5.74) is 4.22. The molecule has 1 aliphatic heterocycles. The fourth-order valence-electron chi connectivity index (χ4n) is 3.69. The van der Waals surface area contributed by atoms with E-state index in [-0.39, 0.29) is 24.6 Å². The number of fused-ring (bicyclic) bond motifs is 3. The van der Waals surface area contributed by atoms with Crippen molar-refractivity contribution in [3.8, 4) is 11.3 Å². The van der Waals surface area contributed by atoms with Gasteiger partial charge < -0.3 is 10.2 Å². The number of aromatic nitrogens is 1. The summed E-state index contributed by atoms with van der Waals surface area (Å²) < 4.78 is 38.3. The second-order valence-electron chi connectivity index (χ2n) is 7.74. The van der Waals surface area contributed by atoms with Crippen molar-refractivity contribution in [3.05, 3.63) is 77.0 Å². The van der Waals surface area contributed by atoms with Crippen molar-refractivity contribution in [1.82, 2.24) is 4.98 Å². The van der Waals surface area contributed by atoms with Crippen LogP contribution in [0.25, 0.3) is 11.3 Å². The minimum absolute atomic E-state index is 0.0868. The van der Waals surface area contributed by atoms with Gasteiger partial charge in [-0.15, -0.1) is 0 Å². The summed E-state index contributed by atoms with van der Waals surface area (Å²) in [6, 6.07) is 11.6. The predicted molar refractivity (Wildman–Crippen MR) is 115 cm³/mol. The number of aryl methyl sites for hydroxylation is 2. The highest BCUT2D eigenvalue weighted by atomic mass is 19.4. The topological polar surface area (TPSA) is 62.3 Å². The standard InChI is InChI=1S/C24H20F3N3O2/c1-14-10-19-20(11-15(14)2)30(22(32)12-16-4-3-9-28-23(16)19)13-21(31)29-18-7-5-17(6-8-18)24(25,26)27/h3-11H,12-13H2,1-2H3,(H,29,31). The summed E-state index contributed by atoms with van der Waals surface area (Å²) in [5, 5.41) is 2.57. The molecule has 0 bridgehead atoms. The smallest absolute Gasteiger partial charge is 0.325 e. The highest BCUT2D eigenvalue weighted by Crippen LogP contribution is 2.37. The molecule has 1 N–H and O–H groups in total. The number of hydrogen-bond acceptors (Lipinski definition) is 3. The summed E-state index contributed by atoms with van der Waals surface area (Å²) >= 11 is 0. The van der Waals surface area contributed by atoms with Crippen LogP contribution in [0.15, 0.2) is 54.7 Å². The van der Waals surface area contributed by atoms with E-state index in [9.17, 15) is 22.8 Å². The number of anilines is 2. The van der Waals surface area contributed by atoms with Crippen LogP contribution < -0.4 is 10.2 Å². The first-order valence-corrected chi connectivity index (χ1v) is 9.96. The van der Waals surface area contributed by atoms with E-state index >= 15 is 0 Å². The number of halogens is 3. The van der Waals surface area contributed by atoms with E-state index in [1.54, 1.807) is 12.3 Å². The Hall–Kier alpha value is -3.68. The van der Waals surface area contributed by atoms with E-state index in [2.05, 4.69) is 10.3 Å². The maximum atomic E-state index is 13.1. The lowest BCUT2D eigenvalue weighted by atomic mass is 9.99. The van der Waals surface area contributed by atoms with Gasteiger partial charge in [0.05, 0.1) is 23.4 Å². The molecule has 164 valence electrons. The second kappa shape index (κ2) is 8.11. The maximum Gasteiger partial charge on any atom is 0.416 e. The van der Waals surface area contributed by atoms with Gasteiger partial charge >= 0.3 is 6.18 Å². The monoisotopic (exact) mass is 439 g/mol. The van der Waals surface area contributed by atoms with Gasteiger partial charge in [0.15, 0.2) is 0 Å². The molecule has 0 saturated carbocycles. The number of pyridine rings is 1. The van der Waals surface area contributed by atoms with Crippen molar-refractivity contribution in [2.24, 2.45) is 0 Å². The largest absolute Gasteiger partial charge is 0.416 e. The number of hydrogen-bond donors (Lipinski definition) is 1. The first-order chi connectivity index (χ1) is 15.1. The lowest BCUT2D eigenvalue weighted by Gasteiger charge is -2.23. The summed E-state index contributed by atoms with van der Waals surface area (Å²) in [6.45, 7) is 3.61. The molecule has 0 atom stereocenters. The Bertz CT molecular complexity index is 1200. The zero-order chi connectivity index (χ0) is 23.0. The molecule has 5 nitrogen and oxygen atoms in total. The quantitative estimate of drug-likeness (QED) is 0.631. The molecule has 0 aliphatic carbocycles. The molecule has 1 aromatic heterocycles. The Kier molecular flexibility index (Phi) is 5.46. The van der Waals surface area contributed by atoms with Gasteiger partial charge in [0, 0.05) is 17.4 Å². The summed E-state index contributed by atoms with van der Waals surface area (Å²) in [4.78, 5) is 31.7. The molecule has 2 heterocycles. The van der Waals surface area contributed by atoms with Crippen molar-refractivity contribution < 1.29 is 22.8 Å². The number of carbonyl (C=O) groups is 2. The molecule has 0 radical (unpaired) electrons. The van der Waals surface area contributed by atoms with Gasteiger partial charge in [-0.3, -0.25) is 14.6 Å². The lowest BCUT2D eigenvalue weighted by Crippen LogP contribution is -2.38. The molecular formula is C24H20F3N3O2. The summed E-state index contributed by atoms with van der Waals surface area (Å²) in [6.07, 6.45) is -2.71. The van der Waals surface area contributed by atoms with Crippen LogP contribution in [-0.2, 0) is 22.2 Å². The summed E-state index contributed by atoms with van der Waals surface area (Å²) in [7, 11) is 0. The third-order valence-corrected chi connectivity index (χ3v) is 5.49. The molecule has 32 heavy (non-hydrogen) atoms. The van der Waals surface area contributed by atoms with Crippen LogP contribution in [0, 0.1) is 13.8 Å². The number of benzene rings is 2. The van der Waals surface area contributed by atoms with Gasteiger partial charge in [-0.25, -0.2) is 0 Å². The minimum atomic E-state index is -4.45. The van der Waals surface area contributed by atoms with Gasteiger partial charge in [-0.2, -0.15) is 13.2 Å². The van der Waals surface area contributed by atoms with Crippen molar-refractivity contribution in [2.75, 3.05) is 16.8 Å². The Labute approximate surface area is 182 Å². The van der Waals surface area contributed by atoms with Gasteiger partial charge in [0.2, 0.25) is 11.8 Å². The lowest BCUT2D eigenvalue weighted by molar-refractivity contribution is -0.137. The van der Waals surface area contributed by atoms with Gasteiger partial charge in [0.25, 0.3) is 0 Å². The molecule has 0 spiro atoms. The average molecular weight is 439 g/mol. The Morgan fingerprint density at radius 2 is 1.78 bits per heavy atom. The van der Waals surface area contributed by atoms with Crippen molar-refractivity contribution in [1.29, 1.82) is 0 Å². The van der Waals surface area contributed by atoms with Gasteiger partial charge in [-0.05, 0) is 73.0 Å². The molecule has 0 unspecified atom stereocenters. The third kappa shape index (κ3) is 4.21. The average Bonchev–Trinajstić information content (AvgIpc) is 2.83. The number of nitrogens with one attached hydrogen (secondary N) is 1. The predicted octanol–water partition coefficient (Wildman–Crippen LogP) is 4.91. The van der Waals surface area contributed by atoms with E-state index in [0.29, 0.717) is 11.4 Å². The van der Waals surface area contributed by atoms with Gasteiger partial charge in [-0.1, -0.05) is 6.07 Å². The minimum Gasteiger partial charge on any atom is -0.325 e. The number of rotatable bonds is 3. The molecule has 4 rings (SSSR count). The van der Waals surface area contributed by atoms with Crippen LogP contribution >= 0.6 is 0 Å². The van der Waals surface area contributed by atoms with Crippen LogP contribution in [0.5, 0.6) is 0 Å². The second-order valence-corrected chi connectivity index (χ2v) is 7.74. The SMILES string of the molecule is Cc1cc2c(cc1C)N(CC(=O)Nc1ccc(C(F)(F)F)cc1)C(=O)Cc1cccnc1-2. The molecule has 1 aliphatic rings. The highest BCUT2D eigenvalue weighted by Gasteiger charge is 2.31.